The standard InChI is InChI=1S/C16H21N3O/c1-11-8-13-6-4-5-7-15(13)19(9-11)16-14(10-20)12(2)17-18(16)3/h4-7,11,20H,8-10H2,1-3H3. The minimum absolute atomic E-state index is 0.0298. The molecule has 0 spiro atoms. The van der Waals surface area contributed by atoms with E-state index in [1.54, 1.807) is 0 Å². The molecule has 20 heavy (non-hydrogen) atoms. The molecule has 3 rings (SSSR count). The van der Waals surface area contributed by atoms with Crippen molar-refractivity contribution in [3.05, 3.63) is 41.1 Å². The van der Waals surface area contributed by atoms with Crippen molar-refractivity contribution in [3.8, 4) is 0 Å². The molecule has 1 unspecified atom stereocenters. The average molecular weight is 271 g/mol. The summed E-state index contributed by atoms with van der Waals surface area (Å²) in [5.41, 5.74) is 4.44. The number of benzene rings is 1. The first-order valence-electron chi connectivity index (χ1n) is 7.10. The van der Waals surface area contributed by atoms with Crippen LogP contribution in [0.3, 0.4) is 0 Å². The zero-order valence-corrected chi connectivity index (χ0v) is 12.3. The van der Waals surface area contributed by atoms with Gasteiger partial charge in [0.1, 0.15) is 5.82 Å². The maximum atomic E-state index is 9.68. The molecule has 4 nitrogen and oxygen atoms in total. The lowest BCUT2D eigenvalue weighted by atomic mass is 9.93. The van der Waals surface area contributed by atoms with Crippen LogP contribution in [0, 0.1) is 12.8 Å². The zero-order valence-electron chi connectivity index (χ0n) is 12.3. The summed E-state index contributed by atoms with van der Waals surface area (Å²) in [6, 6.07) is 8.52. The largest absolute Gasteiger partial charge is 0.391 e. The van der Waals surface area contributed by atoms with Crippen LogP contribution in [0.25, 0.3) is 0 Å². The Balaban J connectivity index is 2.16. The lowest BCUT2D eigenvalue weighted by Gasteiger charge is -2.35. The van der Waals surface area contributed by atoms with E-state index in [4.69, 9.17) is 0 Å². The lowest BCUT2D eigenvalue weighted by Crippen LogP contribution is -2.32. The van der Waals surface area contributed by atoms with Gasteiger partial charge in [-0.3, -0.25) is 4.68 Å². The summed E-state index contributed by atoms with van der Waals surface area (Å²) in [7, 11) is 1.95. The van der Waals surface area contributed by atoms with E-state index in [2.05, 4.69) is 41.2 Å². The number of fused-ring (bicyclic) bond motifs is 1. The Morgan fingerprint density at radius 3 is 2.85 bits per heavy atom. The Hall–Kier alpha value is -1.81. The summed E-state index contributed by atoms with van der Waals surface area (Å²) in [6.07, 6.45) is 1.11. The molecule has 1 aromatic heterocycles. The fourth-order valence-corrected chi connectivity index (χ4v) is 3.21. The van der Waals surface area contributed by atoms with Crippen molar-refractivity contribution < 1.29 is 5.11 Å². The SMILES string of the molecule is Cc1nn(C)c(N2CC(C)Cc3ccccc32)c1CO. The molecule has 4 heteroatoms. The van der Waals surface area contributed by atoms with Gasteiger partial charge < -0.3 is 10.0 Å². The first-order chi connectivity index (χ1) is 9.61. The summed E-state index contributed by atoms with van der Waals surface area (Å²) < 4.78 is 1.88. The number of aliphatic hydroxyl groups is 1. The fraction of sp³-hybridized carbons (Fsp3) is 0.438. The molecule has 1 atom stereocenters. The van der Waals surface area contributed by atoms with Gasteiger partial charge in [0.2, 0.25) is 0 Å². The average Bonchev–Trinajstić information content (AvgIpc) is 2.71. The van der Waals surface area contributed by atoms with Crippen LogP contribution in [0.15, 0.2) is 24.3 Å². The van der Waals surface area contributed by atoms with Crippen molar-refractivity contribution in [1.29, 1.82) is 0 Å². The van der Waals surface area contributed by atoms with E-state index in [1.165, 1.54) is 11.3 Å². The molecule has 0 amide bonds. The van der Waals surface area contributed by atoms with E-state index in [0.29, 0.717) is 5.92 Å². The number of anilines is 2. The summed E-state index contributed by atoms with van der Waals surface area (Å²) in [5, 5.41) is 14.1. The van der Waals surface area contributed by atoms with Crippen LogP contribution in [0.4, 0.5) is 11.5 Å². The molecule has 1 aliphatic rings. The highest BCUT2D eigenvalue weighted by Crippen LogP contribution is 2.37. The van der Waals surface area contributed by atoms with Crippen molar-refractivity contribution in [2.75, 3.05) is 11.4 Å². The van der Waals surface area contributed by atoms with Gasteiger partial charge in [-0.15, -0.1) is 0 Å². The molecule has 1 aromatic carbocycles. The third kappa shape index (κ3) is 2.00. The summed E-state index contributed by atoms with van der Waals surface area (Å²) in [6.45, 7) is 5.21. The maximum Gasteiger partial charge on any atom is 0.136 e. The number of aryl methyl sites for hydroxylation is 2. The molecule has 0 aliphatic carbocycles. The van der Waals surface area contributed by atoms with Crippen LogP contribution in [0.1, 0.15) is 23.7 Å². The topological polar surface area (TPSA) is 41.3 Å². The Morgan fingerprint density at radius 1 is 1.35 bits per heavy atom. The van der Waals surface area contributed by atoms with Crippen LogP contribution < -0.4 is 4.90 Å². The number of aliphatic hydroxyl groups excluding tert-OH is 1. The molecular weight excluding hydrogens is 250 g/mol. The third-order valence-corrected chi connectivity index (χ3v) is 4.07. The van der Waals surface area contributed by atoms with Gasteiger partial charge in [-0.1, -0.05) is 25.1 Å². The molecule has 0 radical (unpaired) electrons. The highest BCUT2D eigenvalue weighted by Gasteiger charge is 2.27. The van der Waals surface area contributed by atoms with Crippen LogP contribution in [-0.4, -0.2) is 21.4 Å². The molecule has 2 aromatic rings. The highest BCUT2D eigenvalue weighted by atomic mass is 16.3. The number of hydrogen-bond donors (Lipinski definition) is 1. The number of rotatable bonds is 2. The van der Waals surface area contributed by atoms with Gasteiger partial charge in [-0.05, 0) is 30.9 Å². The third-order valence-electron chi connectivity index (χ3n) is 4.07. The van der Waals surface area contributed by atoms with Crippen molar-refractivity contribution in [2.45, 2.75) is 26.9 Å². The molecule has 1 N–H and O–H groups in total. The minimum atomic E-state index is 0.0298. The van der Waals surface area contributed by atoms with Crippen molar-refractivity contribution in [3.63, 3.8) is 0 Å². The number of para-hydroxylation sites is 1. The monoisotopic (exact) mass is 271 g/mol. The van der Waals surface area contributed by atoms with Crippen LogP contribution >= 0.6 is 0 Å². The second-order valence-electron chi connectivity index (χ2n) is 5.72. The smallest absolute Gasteiger partial charge is 0.136 e. The molecule has 2 heterocycles. The minimum Gasteiger partial charge on any atom is -0.391 e. The normalized spacial score (nSPS) is 18.2. The maximum absolute atomic E-state index is 9.68. The predicted molar refractivity (Wildman–Crippen MR) is 80.2 cm³/mol. The summed E-state index contributed by atoms with van der Waals surface area (Å²) in [5.74, 6) is 1.61. The molecular formula is C16H21N3O. The Bertz CT molecular complexity index is 633. The van der Waals surface area contributed by atoms with E-state index in [9.17, 15) is 5.11 Å². The molecule has 0 fully saturated rings. The van der Waals surface area contributed by atoms with E-state index in [0.717, 1.165) is 30.0 Å². The quantitative estimate of drug-likeness (QED) is 0.912. The second-order valence-corrected chi connectivity index (χ2v) is 5.72. The second kappa shape index (κ2) is 4.94. The van der Waals surface area contributed by atoms with E-state index < -0.39 is 0 Å². The first-order valence-corrected chi connectivity index (χ1v) is 7.10. The van der Waals surface area contributed by atoms with Gasteiger partial charge >= 0.3 is 0 Å². The van der Waals surface area contributed by atoms with Gasteiger partial charge in [-0.25, -0.2) is 0 Å². The van der Waals surface area contributed by atoms with Crippen molar-refractivity contribution in [1.82, 2.24) is 9.78 Å². The van der Waals surface area contributed by atoms with E-state index in [1.807, 2.05) is 18.7 Å². The molecule has 1 aliphatic heterocycles. The lowest BCUT2D eigenvalue weighted by molar-refractivity contribution is 0.281. The van der Waals surface area contributed by atoms with Crippen molar-refractivity contribution >= 4 is 11.5 Å². The van der Waals surface area contributed by atoms with Crippen LogP contribution in [-0.2, 0) is 20.1 Å². The predicted octanol–water partition coefficient (Wildman–Crippen LogP) is 2.55. The number of nitrogens with zero attached hydrogens (tertiary/aromatic N) is 3. The van der Waals surface area contributed by atoms with Crippen LogP contribution in [0.5, 0.6) is 0 Å². The van der Waals surface area contributed by atoms with Gasteiger partial charge in [0.05, 0.1) is 12.3 Å². The number of aromatic nitrogens is 2. The van der Waals surface area contributed by atoms with Gasteiger partial charge in [0.15, 0.2) is 0 Å². The molecule has 0 bridgehead atoms. The highest BCUT2D eigenvalue weighted by molar-refractivity contribution is 5.68. The van der Waals surface area contributed by atoms with Gasteiger partial charge in [0.25, 0.3) is 0 Å². The van der Waals surface area contributed by atoms with Gasteiger partial charge in [-0.2, -0.15) is 5.10 Å². The zero-order chi connectivity index (χ0) is 14.3. The summed E-state index contributed by atoms with van der Waals surface area (Å²) in [4.78, 5) is 2.30. The van der Waals surface area contributed by atoms with E-state index in [-0.39, 0.29) is 6.61 Å². The fourth-order valence-electron chi connectivity index (χ4n) is 3.21. The Morgan fingerprint density at radius 2 is 2.10 bits per heavy atom. The Labute approximate surface area is 119 Å². The van der Waals surface area contributed by atoms with Crippen molar-refractivity contribution in [2.24, 2.45) is 13.0 Å². The molecule has 0 saturated carbocycles. The van der Waals surface area contributed by atoms with E-state index >= 15 is 0 Å². The van der Waals surface area contributed by atoms with Crippen LogP contribution in [0.2, 0.25) is 0 Å². The Kier molecular flexibility index (Phi) is 3.26. The molecule has 106 valence electrons. The first kappa shape index (κ1) is 13.2. The summed E-state index contributed by atoms with van der Waals surface area (Å²) >= 11 is 0. The van der Waals surface area contributed by atoms with Gasteiger partial charge in [0, 0.05) is 24.8 Å². The molecule has 0 saturated heterocycles. The number of hydrogen-bond acceptors (Lipinski definition) is 3.